The van der Waals surface area contributed by atoms with Gasteiger partial charge in [-0.3, -0.25) is 0 Å². The van der Waals surface area contributed by atoms with Gasteiger partial charge in [-0.1, -0.05) is 0 Å². The SMILES string of the molecule is COCCC1=C(C)N=NC1(C)C(C1(C)N=NC(C)=C1CCOC)C1(C)N=NC(C)=C1CCOC. The van der Waals surface area contributed by atoms with Crippen molar-refractivity contribution in [2.24, 2.45) is 36.6 Å². The summed E-state index contributed by atoms with van der Waals surface area (Å²) in [5.74, 6) is -0.221. The Hall–Kier alpha value is -2.10. The van der Waals surface area contributed by atoms with Gasteiger partial charge in [0, 0.05) is 21.3 Å². The molecule has 0 aliphatic carbocycles. The largest absolute Gasteiger partial charge is 0.384 e. The van der Waals surface area contributed by atoms with E-state index in [9.17, 15) is 0 Å². The predicted octanol–water partition coefficient (Wildman–Crippen LogP) is 6.21. The van der Waals surface area contributed by atoms with E-state index < -0.39 is 16.6 Å². The van der Waals surface area contributed by atoms with Crippen molar-refractivity contribution in [1.82, 2.24) is 0 Å². The molecule has 0 aromatic rings. The van der Waals surface area contributed by atoms with Crippen LogP contribution in [0.1, 0.15) is 60.8 Å². The molecule has 0 saturated heterocycles. The van der Waals surface area contributed by atoms with Crippen molar-refractivity contribution in [3.63, 3.8) is 0 Å². The summed E-state index contributed by atoms with van der Waals surface area (Å²) in [6, 6.07) is 0. The van der Waals surface area contributed by atoms with Crippen LogP contribution in [0.25, 0.3) is 0 Å². The molecule has 0 aromatic heterocycles. The highest BCUT2D eigenvalue weighted by atomic mass is 16.5. The maximum atomic E-state index is 5.46. The summed E-state index contributed by atoms with van der Waals surface area (Å²) in [6.07, 6.45) is 2.19. The van der Waals surface area contributed by atoms with E-state index in [0.717, 1.165) is 53.1 Å². The Balaban J connectivity index is 2.23. The van der Waals surface area contributed by atoms with Crippen molar-refractivity contribution < 1.29 is 14.2 Å². The third-order valence-electron chi connectivity index (χ3n) is 7.72. The fourth-order valence-corrected chi connectivity index (χ4v) is 6.25. The maximum absolute atomic E-state index is 5.46. The van der Waals surface area contributed by atoms with Gasteiger partial charge in [-0.15, -0.1) is 0 Å². The summed E-state index contributed by atoms with van der Waals surface area (Å²) in [7, 11) is 5.16. The third-order valence-corrected chi connectivity index (χ3v) is 7.72. The molecule has 0 saturated carbocycles. The van der Waals surface area contributed by atoms with Gasteiger partial charge in [0.15, 0.2) is 0 Å². The summed E-state index contributed by atoms with van der Waals surface area (Å²) in [4.78, 5) is 0. The molecular formula is C25H40N6O3. The second kappa shape index (κ2) is 10.3. The van der Waals surface area contributed by atoms with Crippen LogP contribution in [-0.2, 0) is 14.2 Å². The highest BCUT2D eigenvalue weighted by molar-refractivity contribution is 5.44. The van der Waals surface area contributed by atoms with E-state index in [-0.39, 0.29) is 5.92 Å². The van der Waals surface area contributed by atoms with Crippen LogP contribution < -0.4 is 0 Å². The van der Waals surface area contributed by atoms with Crippen LogP contribution in [0.3, 0.4) is 0 Å². The lowest BCUT2D eigenvalue weighted by Crippen LogP contribution is -2.58. The first-order valence-electron chi connectivity index (χ1n) is 12.0. The molecule has 3 unspecified atom stereocenters. The van der Waals surface area contributed by atoms with E-state index in [2.05, 4.69) is 36.1 Å². The zero-order valence-electron chi connectivity index (χ0n) is 22.2. The molecule has 0 bridgehead atoms. The van der Waals surface area contributed by atoms with Crippen LogP contribution in [0, 0.1) is 5.92 Å². The molecule has 34 heavy (non-hydrogen) atoms. The Labute approximate surface area is 203 Å². The fraction of sp³-hybridized carbons (Fsp3) is 0.760. The highest BCUT2D eigenvalue weighted by Gasteiger charge is 2.63. The van der Waals surface area contributed by atoms with E-state index in [4.69, 9.17) is 29.6 Å². The van der Waals surface area contributed by atoms with Gasteiger partial charge in [-0.05, 0) is 77.5 Å². The first kappa shape index (κ1) is 26.5. The number of methoxy groups -OCH3 is 3. The monoisotopic (exact) mass is 472 g/mol. The quantitative estimate of drug-likeness (QED) is 0.337. The minimum absolute atomic E-state index is 0.221. The molecule has 9 nitrogen and oxygen atoms in total. The lowest BCUT2D eigenvalue weighted by Gasteiger charge is -2.49. The summed E-state index contributed by atoms with van der Waals surface area (Å²) >= 11 is 0. The second-order valence-corrected chi connectivity index (χ2v) is 9.90. The van der Waals surface area contributed by atoms with E-state index in [0.29, 0.717) is 19.8 Å². The second-order valence-electron chi connectivity index (χ2n) is 9.90. The Kier molecular flexibility index (Phi) is 7.99. The van der Waals surface area contributed by atoms with Gasteiger partial charge >= 0.3 is 0 Å². The number of hydrogen-bond donors (Lipinski definition) is 0. The van der Waals surface area contributed by atoms with E-state index >= 15 is 0 Å². The standard InChI is InChI=1S/C25H40N6O3/c1-16-19(10-13-32-7)23(4,29-26-16)22(24(5)20(11-14-33-8)17(2)27-30-24)25(6)21(12-15-34-9)18(3)28-31-25/h22H,10-15H2,1-9H3. The number of allylic oxidation sites excluding steroid dienone is 3. The smallest absolute Gasteiger partial charge is 0.110 e. The average molecular weight is 473 g/mol. The zero-order chi connectivity index (χ0) is 25.1. The maximum Gasteiger partial charge on any atom is 0.110 e. The number of azo groups is 3. The van der Waals surface area contributed by atoms with E-state index in [1.165, 1.54) is 0 Å². The van der Waals surface area contributed by atoms with Crippen LogP contribution in [0.2, 0.25) is 0 Å². The summed E-state index contributed by atoms with van der Waals surface area (Å²) in [5.41, 5.74) is 4.23. The topological polar surface area (TPSA) is 102 Å². The van der Waals surface area contributed by atoms with Gasteiger partial charge in [0.1, 0.15) is 16.6 Å². The molecule has 0 radical (unpaired) electrons. The molecule has 0 amide bonds. The molecule has 0 spiro atoms. The van der Waals surface area contributed by atoms with E-state index in [1.807, 2.05) is 20.8 Å². The Morgan fingerprint density at radius 1 is 0.559 bits per heavy atom. The fourth-order valence-electron chi connectivity index (χ4n) is 6.25. The molecule has 0 N–H and O–H groups in total. The highest BCUT2D eigenvalue weighted by Crippen LogP contribution is 2.58. The minimum atomic E-state index is -0.671. The molecule has 9 heteroatoms. The molecule has 0 aromatic carbocycles. The Morgan fingerprint density at radius 3 is 1.06 bits per heavy atom. The summed E-state index contributed by atoms with van der Waals surface area (Å²) < 4.78 is 16.4. The van der Waals surface area contributed by atoms with Crippen molar-refractivity contribution in [3.8, 4) is 0 Å². The third kappa shape index (κ3) is 4.33. The molecule has 3 rings (SSSR count). The van der Waals surface area contributed by atoms with E-state index in [1.54, 1.807) is 21.3 Å². The molecular weight excluding hydrogens is 432 g/mol. The van der Waals surface area contributed by atoms with Crippen LogP contribution in [0.4, 0.5) is 0 Å². The number of rotatable bonds is 12. The summed E-state index contributed by atoms with van der Waals surface area (Å²) in [5, 5.41) is 28.5. The van der Waals surface area contributed by atoms with Crippen molar-refractivity contribution >= 4 is 0 Å². The Bertz CT molecular complexity index is 858. The number of hydrogen-bond acceptors (Lipinski definition) is 9. The van der Waals surface area contributed by atoms with Crippen molar-refractivity contribution in [2.45, 2.75) is 77.4 Å². The molecule has 3 aliphatic heterocycles. The number of nitrogens with zero attached hydrogens (tertiary/aromatic N) is 6. The zero-order valence-corrected chi connectivity index (χ0v) is 22.2. The number of ether oxygens (including phenoxy) is 3. The molecule has 0 fully saturated rings. The van der Waals surface area contributed by atoms with Gasteiger partial charge in [0.2, 0.25) is 0 Å². The van der Waals surface area contributed by atoms with Gasteiger partial charge in [0.05, 0.1) is 42.8 Å². The summed E-state index contributed by atoms with van der Waals surface area (Å²) in [6.45, 7) is 14.3. The van der Waals surface area contributed by atoms with Crippen LogP contribution in [0.5, 0.6) is 0 Å². The lowest BCUT2D eigenvalue weighted by molar-refractivity contribution is 0.132. The van der Waals surface area contributed by atoms with Gasteiger partial charge in [0.25, 0.3) is 0 Å². The molecule has 3 aliphatic rings. The van der Waals surface area contributed by atoms with Crippen molar-refractivity contribution in [3.05, 3.63) is 33.8 Å². The first-order chi connectivity index (χ1) is 16.1. The van der Waals surface area contributed by atoms with Crippen LogP contribution >= 0.6 is 0 Å². The van der Waals surface area contributed by atoms with Gasteiger partial charge in [-0.25, -0.2) is 0 Å². The minimum Gasteiger partial charge on any atom is -0.384 e. The van der Waals surface area contributed by atoms with Gasteiger partial charge < -0.3 is 14.2 Å². The van der Waals surface area contributed by atoms with Crippen molar-refractivity contribution in [2.75, 3.05) is 41.2 Å². The first-order valence-corrected chi connectivity index (χ1v) is 12.0. The van der Waals surface area contributed by atoms with Gasteiger partial charge in [-0.2, -0.15) is 30.7 Å². The van der Waals surface area contributed by atoms with Crippen LogP contribution in [0.15, 0.2) is 64.5 Å². The van der Waals surface area contributed by atoms with Crippen molar-refractivity contribution in [1.29, 1.82) is 0 Å². The Morgan fingerprint density at radius 2 is 0.824 bits per heavy atom. The predicted molar refractivity (Wildman–Crippen MR) is 131 cm³/mol. The average Bonchev–Trinajstić information content (AvgIpc) is 3.36. The molecule has 188 valence electrons. The lowest BCUT2D eigenvalue weighted by atomic mass is 9.57. The molecule has 3 atom stereocenters. The molecule has 3 heterocycles. The normalized spacial score (nSPS) is 31.7. The van der Waals surface area contributed by atoms with Crippen LogP contribution in [-0.4, -0.2) is 57.8 Å².